The molecule has 3 rings (SSSR count). The van der Waals surface area contributed by atoms with Crippen molar-refractivity contribution in [3.8, 4) is 5.75 Å². The lowest BCUT2D eigenvalue weighted by molar-refractivity contribution is -0.142. The summed E-state index contributed by atoms with van der Waals surface area (Å²) in [6, 6.07) is 23.0. The number of nitrogens with one attached hydrogen (secondary N) is 1. The predicted octanol–water partition coefficient (Wildman–Crippen LogP) is 6.21. The Morgan fingerprint density at radius 2 is 1.65 bits per heavy atom. The molecule has 3 aromatic rings. The Hall–Kier alpha value is -3.12. The van der Waals surface area contributed by atoms with Gasteiger partial charge in [0.15, 0.2) is 6.61 Å². The van der Waals surface area contributed by atoms with E-state index >= 15 is 0 Å². The van der Waals surface area contributed by atoms with E-state index in [1.807, 2.05) is 86.6 Å². The molecule has 196 valence electrons. The molecule has 0 aliphatic carbocycles. The van der Waals surface area contributed by atoms with Crippen molar-refractivity contribution in [2.75, 3.05) is 13.2 Å². The molecule has 0 aliphatic heterocycles. The maximum absolute atomic E-state index is 13.7. The Labute approximate surface area is 229 Å². The van der Waals surface area contributed by atoms with Crippen molar-refractivity contribution < 1.29 is 14.3 Å². The smallest absolute Gasteiger partial charge is 0.261 e. The molecular formula is C31H37BrN2O3. The minimum atomic E-state index is -0.675. The Balaban J connectivity index is 1.88. The lowest BCUT2D eigenvalue weighted by atomic mass is 9.87. The summed E-state index contributed by atoms with van der Waals surface area (Å²) < 4.78 is 6.77. The van der Waals surface area contributed by atoms with E-state index < -0.39 is 6.04 Å². The molecule has 5 nitrogen and oxygen atoms in total. The van der Waals surface area contributed by atoms with Crippen LogP contribution in [0, 0.1) is 6.92 Å². The number of amides is 2. The molecule has 0 aromatic heterocycles. The normalized spacial score (nSPS) is 12.1. The summed E-state index contributed by atoms with van der Waals surface area (Å²) >= 11 is 3.59. The summed E-state index contributed by atoms with van der Waals surface area (Å²) in [5.41, 5.74) is 4.24. The van der Waals surface area contributed by atoms with Crippen molar-refractivity contribution >= 4 is 27.7 Å². The minimum Gasteiger partial charge on any atom is -0.483 e. The third kappa shape index (κ3) is 8.19. The van der Waals surface area contributed by atoms with Crippen LogP contribution in [0.4, 0.5) is 0 Å². The van der Waals surface area contributed by atoms with Crippen LogP contribution in [0.2, 0.25) is 0 Å². The van der Waals surface area contributed by atoms with Crippen LogP contribution in [-0.2, 0) is 28.0 Å². The van der Waals surface area contributed by atoms with Crippen LogP contribution in [0.1, 0.15) is 49.9 Å². The van der Waals surface area contributed by atoms with E-state index in [2.05, 4.69) is 42.0 Å². The molecule has 0 bridgehead atoms. The van der Waals surface area contributed by atoms with Crippen molar-refractivity contribution in [3.63, 3.8) is 0 Å². The van der Waals surface area contributed by atoms with Gasteiger partial charge in [-0.25, -0.2) is 0 Å². The van der Waals surface area contributed by atoms with Crippen LogP contribution in [0.25, 0.3) is 0 Å². The monoisotopic (exact) mass is 564 g/mol. The molecule has 0 aliphatic rings. The third-order valence-electron chi connectivity index (χ3n) is 6.24. The number of rotatable bonds is 10. The van der Waals surface area contributed by atoms with Crippen molar-refractivity contribution in [2.24, 2.45) is 0 Å². The second kappa shape index (κ2) is 12.9. The number of benzene rings is 3. The number of ether oxygens (including phenoxy) is 1. The van der Waals surface area contributed by atoms with Gasteiger partial charge in [-0.05, 0) is 64.0 Å². The highest BCUT2D eigenvalue weighted by atomic mass is 79.9. The minimum absolute atomic E-state index is 0.000987. The molecule has 0 saturated heterocycles. The van der Waals surface area contributed by atoms with E-state index in [0.29, 0.717) is 25.3 Å². The lowest BCUT2D eigenvalue weighted by Gasteiger charge is -2.31. The van der Waals surface area contributed by atoms with Gasteiger partial charge in [-0.1, -0.05) is 87.0 Å². The van der Waals surface area contributed by atoms with E-state index in [1.165, 1.54) is 5.56 Å². The Morgan fingerprint density at radius 1 is 0.973 bits per heavy atom. The van der Waals surface area contributed by atoms with Crippen LogP contribution in [0.15, 0.2) is 77.3 Å². The standard InChI is InChI=1S/C31H37BrN2O3/c1-6-33-30(36)27(18-23-10-8-7-9-11-23)34(20-24-14-12-22(2)13-15-24)29(35)21-37-28-17-16-25(19-26(28)32)31(3,4)5/h7-17,19,27H,6,18,20-21H2,1-5H3,(H,33,36)/t27-/m0/s1. The Morgan fingerprint density at radius 3 is 2.24 bits per heavy atom. The number of aryl methyl sites for hydroxylation is 1. The van der Waals surface area contributed by atoms with Gasteiger partial charge in [0.25, 0.3) is 5.91 Å². The summed E-state index contributed by atoms with van der Waals surface area (Å²) in [6.45, 7) is 11.0. The summed E-state index contributed by atoms with van der Waals surface area (Å²) in [6.07, 6.45) is 0.411. The molecular weight excluding hydrogens is 528 g/mol. The maximum Gasteiger partial charge on any atom is 0.261 e. The quantitative estimate of drug-likeness (QED) is 0.318. The predicted molar refractivity (Wildman–Crippen MR) is 153 cm³/mol. The molecule has 2 amide bonds. The molecule has 0 spiro atoms. The average Bonchev–Trinajstić information content (AvgIpc) is 2.86. The number of likely N-dealkylation sites (N-methyl/N-ethyl adjacent to an activating group) is 1. The second-order valence-corrected chi connectivity index (χ2v) is 11.1. The fourth-order valence-electron chi connectivity index (χ4n) is 4.04. The number of halogens is 1. The number of carbonyl (C=O) groups excluding carboxylic acids is 2. The number of hydrogen-bond acceptors (Lipinski definition) is 3. The van der Waals surface area contributed by atoms with Gasteiger partial charge in [-0.3, -0.25) is 9.59 Å². The van der Waals surface area contributed by atoms with Gasteiger partial charge in [-0.2, -0.15) is 0 Å². The zero-order valence-electron chi connectivity index (χ0n) is 22.4. The third-order valence-corrected chi connectivity index (χ3v) is 6.86. The van der Waals surface area contributed by atoms with Gasteiger partial charge >= 0.3 is 0 Å². The first-order chi connectivity index (χ1) is 17.6. The Kier molecular flexibility index (Phi) is 9.93. The second-order valence-electron chi connectivity index (χ2n) is 10.3. The van der Waals surface area contributed by atoms with E-state index in [1.54, 1.807) is 4.90 Å². The zero-order valence-corrected chi connectivity index (χ0v) is 24.0. The maximum atomic E-state index is 13.7. The molecule has 37 heavy (non-hydrogen) atoms. The topological polar surface area (TPSA) is 58.6 Å². The molecule has 0 heterocycles. The van der Waals surface area contributed by atoms with Gasteiger partial charge < -0.3 is 15.0 Å². The van der Waals surface area contributed by atoms with Crippen LogP contribution in [0.5, 0.6) is 5.75 Å². The van der Waals surface area contributed by atoms with Gasteiger partial charge in [0.1, 0.15) is 11.8 Å². The zero-order chi connectivity index (χ0) is 27.0. The number of hydrogen-bond donors (Lipinski definition) is 1. The first-order valence-corrected chi connectivity index (χ1v) is 13.5. The van der Waals surface area contributed by atoms with E-state index in [0.717, 1.165) is 21.2 Å². The molecule has 6 heteroatoms. The van der Waals surface area contributed by atoms with E-state index in [-0.39, 0.29) is 23.8 Å². The van der Waals surface area contributed by atoms with Gasteiger partial charge in [0, 0.05) is 19.5 Å². The summed E-state index contributed by atoms with van der Waals surface area (Å²) in [5, 5.41) is 2.92. The van der Waals surface area contributed by atoms with Crippen LogP contribution >= 0.6 is 15.9 Å². The van der Waals surface area contributed by atoms with Crippen molar-refractivity contribution in [1.82, 2.24) is 10.2 Å². The van der Waals surface area contributed by atoms with E-state index in [4.69, 9.17) is 4.74 Å². The van der Waals surface area contributed by atoms with Crippen molar-refractivity contribution in [2.45, 2.75) is 59.0 Å². The number of nitrogens with zero attached hydrogens (tertiary/aromatic N) is 1. The highest BCUT2D eigenvalue weighted by molar-refractivity contribution is 9.10. The summed E-state index contributed by atoms with van der Waals surface area (Å²) in [5.74, 6) is 0.163. The van der Waals surface area contributed by atoms with Gasteiger partial charge in [0.05, 0.1) is 4.47 Å². The highest BCUT2D eigenvalue weighted by Gasteiger charge is 2.30. The molecule has 0 saturated carbocycles. The SMILES string of the molecule is CCNC(=O)[C@H](Cc1ccccc1)N(Cc1ccc(C)cc1)C(=O)COc1ccc(C(C)(C)C)cc1Br. The van der Waals surface area contributed by atoms with Crippen LogP contribution in [0.3, 0.4) is 0 Å². The molecule has 0 unspecified atom stereocenters. The van der Waals surface area contributed by atoms with E-state index in [9.17, 15) is 9.59 Å². The average molecular weight is 566 g/mol. The fraction of sp³-hybridized carbons (Fsp3) is 0.355. The lowest BCUT2D eigenvalue weighted by Crippen LogP contribution is -2.51. The largest absolute Gasteiger partial charge is 0.483 e. The molecule has 3 aromatic carbocycles. The Bertz CT molecular complexity index is 1190. The van der Waals surface area contributed by atoms with Gasteiger partial charge in [-0.15, -0.1) is 0 Å². The summed E-state index contributed by atoms with van der Waals surface area (Å²) in [7, 11) is 0. The molecule has 1 N–H and O–H groups in total. The highest BCUT2D eigenvalue weighted by Crippen LogP contribution is 2.31. The van der Waals surface area contributed by atoms with Crippen molar-refractivity contribution in [1.29, 1.82) is 0 Å². The first-order valence-electron chi connectivity index (χ1n) is 12.7. The van der Waals surface area contributed by atoms with Crippen molar-refractivity contribution in [3.05, 3.63) is 99.5 Å². The molecule has 0 fully saturated rings. The first kappa shape index (κ1) is 28.5. The fourth-order valence-corrected chi connectivity index (χ4v) is 4.54. The van der Waals surface area contributed by atoms with Gasteiger partial charge in [0.2, 0.25) is 5.91 Å². The molecule has 1 atom stereocenters. The van der Waals surface area contributed by atoms with Crippen LogP contribution in [-0.4, -0.2) is 35.9 Å². The van der Waals surface area contributed by atoms with Crippen LogP contribution < -0.4 is 10.1 Å². The summed E-state index contributed by atoms with van der Waals surface area (Å²) in [4.78, 5) is 28.6. The molecule has 0 radical (unpaired) electrons. The number of carbonyl (C=O) groups is 2.